The van der Waals surface area contributed by atoms with E-state index in [1.807, 2.05) is 41.8 Å². The van der Waals surface area contributed by atoms with Crippen molar-refractivity contribution in [2.45, 2.75) is 26.3 Å². The first-order valence-corrected chi connectivity index (χ1v) is 10.5. The molecule has 0 unspecified atom stereocenters. The quantitative estimate of drug-likeness (QED) is 0.572. The first kappa shape index (κ1) is 20.9. The second kappa shape index (κ2) is 8.41. The van der Waals surface area contributed by atoms with E-state index in [1.165, 1.54) is 11.6 Å². The highest BCUT2D eigenvalue weighted by Crippen LogP contribution is 2.27. The number of nitrogens with zero attached hydrogens (tertiary/aromatic N) is 5. The first-order valence-electron chi connectivity index (χ1n) is 10.5. The van der Waals surface area contributed by atoms with Crippen LogP contribution >= 0.6 is 0 Å². The SMILES string of the molecule is CCOC(=O)C1CCN(c2nc3c(c(=O)n(C)c(=O)n3C)n2Cc2ccccc2)CC1. The lowest BCUT2D eigenvalue weighted by atomic mass is 9.97. The van der Waals surface area contributed by atoms with Crippen LogP contribution in [-0.4, -0.2) is 44.4 Å². The zero-order chi connectivity index (χ0) is 22.1. The number of esters is 1. The molecule has 9 heteroatoms. The number of hydrogen-bond donors (Lipinski definition) is 0. The second-order valence-electron chi connectivity index (χ2n) is 7.87. The first-order chi connectivity index (χ1) is 14.9. The Hall–Kier alpha value is -3.36. The Balaban J connectivity index is 1.78. The van der Waals surface area contributed by atoms with Gasteiger partial charge in [0.15, 0.2) is 11.2 Å². The molecule has 0 saturated carbocycles. The molecule has 0 atom stereocenters. The average molecular weight is 425 g/mol. The van der Waals surface area contributed by atoms with E-state index >= 15 is 0 Å². The summed E-state index contributed by atoms with van der Waals surface area (Å²) in [5, 5.41) is 0. The number of carbonyl (C=O) groups excluding carboxylic acids is 1. The Bertz CT molecular complexity index is 1220. The van der Waals surface area contributed by atoms with E-state index in [9.17, 15) is 14.4 Å². The minimum absolute atomic E-state index is 0.125. The van der Waals surface area contributed by atoms with E-state index in [0.717, 1.165) is 10.1 Å². The summed E-state index contributed by atoms with van der Waals surface area (Å²) in [6, 6.07) is 9.84. The second-order valence-corrected chi connectivity index (χ2v) is 7.87. The highest BCUT2D eigenvalue weighted by atomic mass is 16.5. The molecule has 9 nitrogen and oxygen atoms in total. The lowest BCUT2D eigenvalue weighted by molar-refractivity contribution is -0.148. The van der Waals surface area contributed by atoms with Crippen LogP contribution < -0.4 is 16.1 Å². The molecule has 4 rings (SSSR count). The fraction of sp³-hybridized carbons (Fsp3) is 0.455. The third-order valence-electron chi connectivity index (χ3n) is 5.91. The van der Waals surface area contributed by atoms with E-state index in [0.29, 0.717) is 56.2 Å². The van der Waals surface area contributed by atoms with E-state index in [4.69, 9.17) is 9.72 Å². The molecule has 0 bridgehead atoms. The van der Waals surface area contributed by atoms with Gasteiger partial charge in [-0.15, -0.1) is 0 Å². The van der Waals surface area contributed by atoms with Gasteiger partial charge in [-0.1, -0.05) is 30.3 Å². The van der Waals surface area contributed by atoms with E-state index < -0.39 is 5.69 Å². The predicted molar refractivity (Wildman–Crippen MR) is 117 cm³/mol. The Labute approximate surface area is 179 Å². The molecule has 1 aliphatic rings. The van der Waals surface area contributed by atoms with E-state index in [2.05, 4.69) is 4.90 Å². The molecular formula is C22H27N5O4. The van der Waals surface area contributed by atoms with Crippen LogP contribution in [0.15, 0.2) is 39.9 Å². The van der Waals surface area contributed by atoms with Gasteiger partial charge in [-0.25, -0.2) is 4.79 Å². The van der Waals surface area contributed by atoms with Crippen LogP contribution in [0.4, 0.5) is 5.95 Å². The number of aromatic nitrogens is 4. The summed E-state index contributed by atoms with van der Waals surface area (Å²) >= 11 is 0. The molecule has 1 fully saturated rings. The van der Waals surface area contributed by atoms with Gasteiger partial charge < -0.3 is 9.64 Å². The lowest BCUT2D eigenvalue weighted by Gasteiger charge is -2.32. The van der Waals surface area contributed by atoms with Crippen molar-refractivity contribution in [3.8, 4) is 0 Å². The van der Waals surface area contributed by atoms with Gasteiger partial charge in [-0.2, -0.15) is 4.98 Å². The van der Waals surface area contributed by atoms with Crippen molar-refractivity contribution >= 4 is 23.1 Å². The van der Waals surface area contributed by atoms with Crippen molar-refractivity contribution < 1.29 is 9.53 Å². The fourth-order valence-corrected chi connectivity index (χ4v) is 4.17. The number of benzene rings is 1. The van der Waals surface area contributed by atoms with Crippen molar-refractivity contribution in [2.24, 2.45) is 20.0 Å². The number of fused-ring (bicyclic) bond motifs is 1. The van der Waals surface area contributed by atoms with Crippen LogP contribution in [0.5, 0.6) is 0 Å². The number of hydrogen-bond acceptors (Lipinski definition) is 6. The third-order valence-corrected chi connectivity index (χ3v) is 5.91. The largest absolute Gasteiger partial charge is 0.466 e. The molecule has 3 aromatic rings. The maximum atomic E-state index is 13.0. The van der Waals surface area contributed by atoms with Crippen molar-refractivity contribution in [1.82, 2.24) is 18.7 Å². The van der Waals surface area contributed by atoms with E-state index in [-0.39, 0.29) is 17.4 Å². The average Bonchev–Trinajstić information content (AvgIpc) is 3.16. The van der Waals surface area contributed by atoms with Gasteiger partial charge in [0, 0.05) is 27.2 Å². The molecule has 1 saturated heterocycles. The zero-order valence-corrected chi connectivity index (χ0v) is 18.1. The molecule has 0 amide bonds. The summed E-state index contributed by atoms with van der Waals surface area (Å²) in [7, 11) is 3.11. The summed E-state index contributed by atoms with van der Waals surface area (Å²) in [6.45, 7) is 3.89. The summed E-state index contributed by atoms with van der Waals surface area (Å²) in [6.07, 6.45) is 1.31. The fourth-order valence-electron chi connectivity index (χ4n) is 4.17. The molecule has 3 heterocycles. The van der Waals surface area contributed by atoms with Crippen molar-refractivity contribution in [3.05, 3.63) is 56.7 Å². The summed E-state index contributed by atoms with van der Waals surface area (Å²) in [5.41, 5.74) is 1.02. The molecule has 0 aliphatic carbocycles. The molecule has 0 radical (unpaired) electrons. The molecule has 1 aromatic carbocycles. The number of piperidine rings is 1. The van der Waals surface area contributed by atoms with Crippen molar-refractivity contribution in [1.29, 1.82) is 0 Å². The van der Waals surface area contributed by atoms with Crippen LogP contribution in [0, 0.1) is 5.92 Å². The summed E-state index contributed by atoms with van der Waals surface area (Å²) < 4.78 is 9.58. The minimum atomic E-state index is -0.408. The number of imidazole rings is 1. The number of anilines is 1. The van der Waals surface area contributed by atoms with E-state index in [1.54, 1.807) is 7.05 Å². The maximum absolute atomic E-state index is 13.0. The van der Waals surface area contributed by atoms with Crippen LogP contribution in [0.25, 0.3) is 11.2 Å². The molecule has 2 aromatic heterocycles. The Morgan fingerprint density at radius 1 is 1.10 bits per heavy atom. The summed E-state index contributed by atoms with van der Waals surface area (Å²) in [4.78, 5) is 44.4. The smallest absolute Gasteiger partial charge is 0.332 e. The minimum Gasteiger partial charge on any atom is -0.466 e. The molecule has 0 N–H and O–H groups in total. The number of carbonyl (C=O) groups is 1. The number of aryl methyl sites for hydroxylation is 1. The van der Waals surface area contributed by atoms with Crippen LogP contribution in [0.2, 0.25) is 0 Å². The Morgan fingerprint density at radius 3 is 2.42 bits per heavy atom. The van der Waals surface area contributed by atoms with Crippen LogP contribution in [0.1, 0.15) is 25.3 Å². The monoisotopic (exact) mass is 425 g/mol. The van der Waals surface area contributed by atoms with Crippen molar-refractivity contribution in [3.63, 3.8) is 0 Å². The van der Waals surface area contributed by atoms with Gasteiger partial charge in [0.2, 0.25) is 5.95 Å². The molecule has 164 valence electrons. The highest BCUT2D eigenvalue weighted by Gasteiger charge is 2.29. The maximum Gasteiger partial charge on any atom is 0.332 e. The van der Waals surface area contributed by atoms with Gasteiger partial charge in [0.1, 0.15) is 0 Å². The predicted octanol–water partition coefficient (Wildman–Crippen LogP) is 1.26. The van der Waals surface area contributed by atoms with Gasteiger partial charge in [-0.3, -0.25) is 23.3 Å². The van der Waals surface area contributed by atoms with Gasteiger partial charge >= 0.3 is 11.7 Å². The topological polar surface area (TPSA) is 91.4 Å². The third kappa shape index (κ3) is 3.75. The number of rotatable bonds is 5. The van der Waals surface area contributed by atoms with Gasteiger partial charge in [0.05, 0.1) is 19.1 Å². The standard InChI is InChI=1S/C22H27N5O4/c1-4-31-20(29)16-10-12-26(13-11-16)21-23-18-17(19(28)25(3)22(30)24(18)2)27(21)14-15-8-6-5-7-9-15/h5-9,16H,4,10-14H2,1-3H3. The van der Waals surface area contributed by atoms with Crippen molar-refractivity contribution in [2.75, 3.05) is 24.6 Å². The van der Waals surface area contributed by atoms with Crippen LogP contribution in [0.3, 0.4) is 0 Å². The summed E-state index contributed by atoms with van der Waals surface area (Å²) in [5.74, 6) is 0.357. The van der Waals surface area contributed by atoms with Gasteiger partial charge in [0.25, 0.3) is 5.56 Å². The zero-order valence-electron chi connectivity index (χ0n) is 18.1. The molecular weight excluding hydrogens is 398 g/mol. The Morgan fingerprint density at radius 2 is 1.77 bits per heavy atom. The number of ether oxygens (including phenoxy) is 1. The molecule has 1 aliphatic heterocycles. The molecule has 31 heavy (non-hydrogen) atoms. The highest BCUT2D eigenvalue weighted by molar-refractivity contribution is 5.75. The molecule has 0 spiro atoms. The van der Waals surface area contributed by atoms with Crippen LogP contribution in [-0.2, 0) is 30.2 Å². The van der Waals surface area contributed by atoms with Gasteiger partial charge in [-0.05, 0) is 25.3 Å². The Kier molecular flexibility index (Phi) is 5.67. The normalized spacial score (nSPS) is 14.9. The lowest BCUT2D eigenvalue weighted by Crippen LogP contribution is -2.39.